The Morgan fingerprint density at radius 2 is 1.73 bits per heavy atom. The lowest BCUT2D eigenvalue weighted by Gasteiger charge is -2.67. The maximum absolute atomic E-state index is 14.7. The summed E-state index contributed by atoms with van der Waals surface area (Å²) in [5, 5.41) is 12.3. The normalized spacial score (nSPS) is 47.6. The van der Waals surface area contributed by atoms with Crippen molar-refractivity contribution in [1.82, 2.24) is 0 Å². The van der Waals surface area contributed by atoms with Gasteiger partial charge in [0.2, 0.25) is 0 Å². The SMILES string of the molecule is CCCCCc1occc1[C@H]1OC(=O)[C@H]2O[C@@]23[C@]2(C)[C@H](O)C(=O)[C@H]4C(C)(C)O[C@H]5C6(CCCC6)C(=O)OC[C@]45[C@@H]2CC[C@]13C. The molecule has 3 spiro atoms. The Hall–Kier alpha value is -2.23. The van der Waals surface area contributed by atoms with Crippen molar-refractivity contribution in [1.29, 1.82) is 0 Å². The molecule has 0 aromatic carbocycles. The molecule has 3 aliphatic carbocycles. The van der Waals surface area contributed by atoms with Crippen molar-refractivity contribution in [2.45, 2.75) is 134 Å². The van der Waals surface area contributed by atoms with E-state index in [-0.39, 0.29) is 24.3 Å². The van der Waals surface area contributed by atoms with Crippen LogP contribution in [-0.2, 0) is 39.8 Å². The van der Waals surface area contributed by atoms with Crippen LogP contribution >= 0.6 is 0 Å². The molecule has 240 valence electrons. The van der Waals surface area contributed by atoms with Crippen LogP contribution in [0.2, 0.25) is 0 Å². The number of rotatable bonds is 5. The standard InChI is InChI=1S/C35H46O9/c1-6-7-8-11-20-19(13-17-40-20)25-31(4)16-12-21-32(5,35(31)26(43-35)27(38)42-25)24(37)22(36)23-30(2,3)44-28-33(14-9-10-15-33)29(39)41-18-34(21,23)28/h13,17,21,23-26,28,37H,6-12,14-16,18H2,1-5H3/t21-,23+,24-,25-,26-,28+,31-,32+,34+,35+/m1/s1. The van der Waals surface area contributed by atoms with Crippen LogP contribution in [0, 0.1) is 33.5 Å². The first kappa shape index (κ1) is 29.2. The molecule has 4 saturated heterocycles. The van der Waals surface area contributed by atoms with E-state index in [1.54, 1.807) is 6.26 Å². The molecule has 10 atom stereocenters. The Balaban J connectivity index is 1.28. The number of carbonyl (C=O) groups is 3. The summed E-state index contributed by atoms with van der Waals surface area (Å²) in [4.78, 5) is 42.0. The van der Waals surface area contributed by atoms with E-state index in [9.17, 15) is 19.5 Å². The fraction of sp³-hybridized carbons (Fsp3) is 0.800. The number of esters is 2. The first-order valence-electron chi connectivity index (χ1n) is 16.9. The van der Waals surface area contributed by atoms with Crippen LogP contribution in [0.1, 0.15) is 110 Å². The zero-order valence-electron chi connectivity index (χ0n) is 26.6. The van der Waals surface area contributed by atoms with Gasteiger partial charge in [-0.25, -0.2) is 4.79 Å². The minimum absolute atomic E-state index is 0.0692. The minimum atomic E-state index is -1.38. The summed E-state index contributed by atoms with van der Waals surface area (Å²) in [7, 11) is 0. The highest BCUT2D eigenvalue weighted by Crippen LogP contribution is 2.81. The minimum Gasteiger partial charge on any atom is -0.469 e. The van der Waals surface area contributed by atoms with Crippen molar-refractivity contribution >= 4 is 17.7 Å². The van der Waals surface area contributed by atoms with E-state index < -0.39 is 69.2 Å². The van der Waals surface area contributed by atoms with Crippen LogP contribution in [0.4, 0.5) is 0 Å². The summed E-state index contributed by atoms with van der Waals surface area (Å²) < 4.78 is 31.8. The van der Waals surface area contributed by atoms with Gasteiger partial charge < -0.3 is 28.5 Å². The molecule has 9 nitrogen and oxygen atoms in total. The average Bonchev–Trinajstić information content (AvgIpc) is 3.24. The van der Waals surface area contributed by atoms with Crippen molar-refractivity contribution in [3.8, 4) is 0 Å². The third kappa shape index (κ3) is 3.06. The maximum atomic E-state index is 14.7. The highest BCUT2D eigenvalue weighted by molar-refractivity contribution is 5.92. The molecule has 0 amide bonds. The summed E-state index contributed by atoms with van der Waals surface area (Å²) in [5.41, 5.74) is -4.71. The van der Waals surface area contributed by atoms with Crippen molar-refractivity contribution in [3.05, 3.63) is 23.7 Å². The van der Waals surface area contributed by atoms with Gasteiger partial charge in [-0.3, -0.25) is 9.59 Å². The molecule has 0 unspecified atom stereocenters. The summed E-state index contributed by atoms with van der Waals surface area (Å²) in [6, 6.07) is 1.90. The van der Waals surface area contributed by atoms with E-state index in [1.807, 2.05) is 26.8 Å². The van der Waals surface area contributed by atoms with Gasteiger partial charge in [-0.2, -0.15) is 0 Å². The van der Waals surface area contributed by atoms with Gasteiger partial charge in [0, 0.05) is 28.2 Å². The number of ether oxygens (including phenoxy) is 4. The molecule has 8 rings (SSSR count). The molecule has 1 aromatic heterocycles. The summed E-state index contributed by atoms with van der Waals surface area (Å²) in [5.74, 6) is -1.11. The molecule has 0 bridgehead atoms. The second-order valence-electron chi connectivity index (χ2n) is 16.0. The molecule has 0 radical (unpaired) electrons. The van der Waals surface area contributed by atoms with Crippen LogP contribution in [-0.4, -0.2) is 58.9 Å². The molecule has 4 aliphatic heterocycles. The number of carbonyl (C=O) groups excluding carboxylic acids is 3. The largest absolute Gasteiger partial charge is 0.469 e. The van der Waals surface area contributed by atoms with Crippen LogP contribution in [0.3, 0.4) is 0 Å². The van der Waals surface area contributed by atoms with Crippen molar-refractivity contribution < 1.29 is 42.9 Å². The van der Waals surface area contributed by atoms with Gasteiger partial charge in [-0.1, -0.05) is 46.5 Å². The Morgan fingerprint density at radius 3 is 2.45 bits per heavy atom. The van der Waals surface area contributed by atoms with Gasteiger partial charge in [0.05, 0.1) is 29.3 Å². The zero-order valence-corrected chi connectivity index (χ0v) is 26.6. The molecule has 7 aliphatic rings. The number of hydrogen-bond donors (Lipinski definition) is 1. The lowest BCUT2D eigenvalue weighted by molar-refractivity contribution is -0.264. The average molecular weight is 611 g/mol. The third-order valence-electron chi connectivity index (χ3n) is 13.8. The Bertz CT molecular complexity index is 1420. The number of hydrogen-bond acceptors (Lipinski definition) is 9. The number of aryl methyl sites for hydroxylation is 1. The predicted molar refractivity (Wildman–Crippen MR) is 155 cm³/mol. The van der Waals surface area contributed by atoms with Crippen LogP contribution in [0.25, 0.3) is 0 Å². The van der Waals surface area contributed by atoms with E-state index in [4.69, 9.17) is 23.4 Å². The monoisotopic (exact) mass is 610 g/mol. The quantitative estimate of drug-likeness (QED) is 0.278. The lowest BCUT2D eigenvalue weighted by Crippen LogP contribution is -2.77. The molecule has 5 heterocycles. The Morgan fingerprint density at radius 1 is 0.977 bits per heavy atom. The molecule has 9 heteroatoms. The van der Waals surface area contributed by atoms with Crippen molar-refractivity contribution in [2.24, 2.45) is 33.5 Å². The number of unbranched alkanes of at least 4 members (excludes halogenated alkanes) is 2. The number of fused-ring (bicyclic) bond motifs is 2. The second-order valence-corrected chi connectivity index (χ2v) is 16.0. The van der Waals surface area contributed by atoms with E-state index in [0.29, 0.717) is 25.7 Å². The van der Waals surface area contributed by atoms with Gasteiger partial charge in [0.25, 0.3) is 0 Å². The Labute approximate surface area is 258 Å². The van der Waals surface area contributed by atoms with Gasteiger partial charge >= 0.3 is 11.9 Å². The van der Waals surface area contributed by atoms with Gasteiger partial charge in [-0.05, 0) is 57.9 Å². The number of cyclic esters (lactones) is 2. The smallest absolute Gasteiger partial charge is 0.339 e. The lowest BCUT2D eigenvalue weighted by atomic mass is 9.35. The Kier molecular flexibility index (Phi) is 5.95. The molecule has 3 saturated carbocycles. The predicted octanol–water partition coefficient (Wildman–Crippen LogP) is 5.01. The molecule has 7 fully saturated rings. The fourth-order valence-electron chi connectivity index (χ4n) is 12.1. The molecular weight excluding hydrogens is 564 g/mol. The third-order valence-corrected chi connectivity index (χ3v) is 13.8. The van der Waals surface area contributed by atoms with E-state index in [1.165, 1.54) is 0 Å². The number of aliphatic hydroxyl groups excluding tert-OH is 1. The maximum Gasteiger partial charge on any atom is 0.339 e. The summed E-state index contributed by atoms with van der Waals surface area (Å²) in [6.45, 7) is 10.1. The number of Topliss-reactive ketones (excluding diaryl/α,β-unsaturated/α-hetero) is 1. The van der Waals surface area contributed by atoms with E-state index in [2.05, 4.69) is 13.8 Å². The van der Waals surface area contributed by atoms with E-state index in [0.717, 1.165) is 49.8 Å². The van der Waals surface area contributed by atoms with Crippen molar-refractivity contribution in [2.75, 3.05) is 6.61 Å². The number of aliphatic hydroxyl groups is 1. The number of ketones is 1. The molecular formula is C35H46O9. The van der Waals surface area contributed by atoms with Crippen LogP contribution in [0.15, 0.2) is 16.7 Å². The second kappa shape index (κ2) is 8.97. The van der Waals surface area contributed by atoms with Gasteiger partial charge in [0.1, 0.15) is 30.2 Å². The summed E-state index contributed by atoms with van der Waals surface area (Å²) >= 11 is 0. The zero-order chi connectivity index (χ0) is 31.1. The molecule has 44 heavy (non-hydrogen) atoms. The van der Waals surface area contributed by atoms with Crippen molar-refractivity contribution in [3.63, 3.8) is 0 Å². The highest BCUT2D eigenvalue weighted by atomic mass is 16.7. The number of epoxide rings is 1. The number of furan rings is 1. The summed E-state index contributed by atoms with van der Waals surface area (Å²) in [6.07, 6.45) is 6.52. The fourth-order valence-corrected chi connectivity index (χ4v) is 12.1. The van der Waals surface area contributed by atoms with E-state index >= 15 is 0 Å². The highest BCUT2D eigenvalue weighted by Gasteiger charge is 2.91. The van der Waals surface area contributed by atoms with Crippen LogP contribution < -0.4 is 0 Å². The first-order valence-corrected chi connectivity index (χ1v) is 16.9. The topological polar surface area (TPSA) is 125 Å². The molecule has 1 N–H and O–H groups in total. The first-order chi connectivity index (χ1) is 20.9. The van der Waals surface area contributed by atoms with Crippen LogP contribution in [0.5, 0.6) is 0 Å². The van der Waals surface area contributed by atoms with Gasteiger partial charge in [0.15, 0.2) is 11.9 Å². The molecule has 1 aromatic rings. The van der Waals surface area contributed by atoms with Gasteiger partial charge in [-0.15, -0.1) is 0 Å².